The van der Waals surface area contributed by atoms with E-state index in [4.69, 9.17) is 25.8 Å². The van der Waals surface area contributed by atoms with E-state index in [-0.39, 0.29) is 0 Å². The Hall–Kier alpha value is -1.39. The molecule has 0 aliphatic carbocycles. The SMILES string of the molecule is COc1ccc(Br)cc1COc1ccc(CCl)cc1OC. The van der Waals surface area contributed by atoms with E-state index in [2.05, 4.69) is 15.9 Å². The largest absolute Gasteiger partial charge is 0.496 e. The maximum atomic E-state index is 5.84. The van der Waals surface area contributed by atoms with Crippen molar-refractivity contribution in [3.05, 3.63) is 52.0 Å². The normalized spacial score (nSPS) is 10.3. The molecule has 21 heavy (non-hydrogen) atoms. The molecule has 0 aromatic heterocycles. The molecule has 0 aliphatic rings. The Bertz CT molecular complexity index is 616. The van der Waals surface area contributed by atoms with E-state index in [1.807, 2.05) is 36.4 Å². The van der Waals surface area contributed by atoms with Crippen molar-refractivity contribution in [2.24, 2.45) is 0 Å². The fraction of sp³-hybridized carbons (Fsp3) is 0.250. The summed E-state index contributed by atoms with van der Waals surface area (Å²) in [4.78, 5) is 0. The summed E-state index contributed by atoms with van der Waals surface area (Å²) in [6.45, 7) is 0.388. The van der Waals surface area contributed by atoms with Gasteiger partial charge in [0.2, 0.25) is 0 Å². The smallest absolute Gasteiger partial charge is 0.161 e. The lowest BCUT2D eigenvalue weighted by Gasteiger charge is -2.13. The topological polar surface area (TPSA) is 27.7 Å². The van der Waals surface area contributed by atoms with E-state index in [0.29, 0.717) is 24.0 Å². The van der Waals surface area contributed by atoms with Crippen molar-refractivity contribution in [2.75, 3.05) is 14.2 Å². The molecular weight excluding hydrogens is 356 g/mol. The Morgan fingerprint density at radius 2 is 1.67 bits per heavy atom. The van der Waals surface area contributed by atoms with Gasteiger partial charge in [0.15, 0.2) is 11.5 Å². The van der Waals surface area contributed by atoms with E-state index in [1.165, 1.54) is 0 Å². The van der Waals surface area contributed by atoms with Gasteiger partial charge in [-0.25, -0.2) is 0 Å². The Labute approximate surface area is 137 Å². The molecular formula is C16H16BrClO3. The van der Waals surface area contributed by atoms with E-state index in [9.17, 15) is 0 Å². The number of ether oxygens (including phenoxy) is 3. The quantitative estimate of drug-likeness (QED) is 0.684. The van der Waals surface area contributed by atoms with Crippen molar-refractivity contribution >= 4 is 27.5 Å². The first-order chi connectivity index (χ1) is 10.2. The van der Waals surface area contributed by atoms with Gasteiger partial charge in [-0.15, -0.1) is 11.6 Å². The van der Waals surface area contributed by atoms with Crippen molar-refractivity contribution < 1.29 is 14.2 Å². The van der Waals surface area contributed by atoms with Crippen LogP contribution in [0.4, 0.5) is 0 Å². The molecule has 2 aromatic carbocycles. The number of halogens is 2. The zero-order chi connectivity index (χ0) is 15.2. The Morgan fingerprint density at radius 3 is 2.33 bits per heavy atom. The zero-order valence-electron chi connectivity index (χ0n) is 11.9. The first kappa shape index (κ1) is 16.0. The molecule has 0 bridgehead atoms. The molecule has 112 valence electrons. The minimum Gasteiger partial charge on any atom is -0.496 e. The summed E-state index contributed by atoms with van der Waals surface area (Å²) in [5, 5.41) is 0. The lowest BCUT2D eigenvalue weighted by atomic mass is 10.2. The molecule has 0 unspecified atom stereocenters. The van der Waals surface area contributed by atoms with Gasteiger partial charge in [-0.3, -0.25) is 0 Å². The average Bonchev–Trinajstić information content (AvgIpc) is 2.52. The van der Waals surface area contributed by atoms with Gasteiger partial charge in [-0.2, -0.15) is 0 Å². The Kier molecular flexibility index (Phi) is 5.76. The first-order valence-corrected chi connectivity index (χ1v) is 7.68. The Morgan fingerprint density at radius 1 is 0.952 bits per heavy atom. The zero-order valence-corrected chi connectivity index (χ0v) is 14.2. The van der Waals surface area contributed by atoms with Gasteiger partial charge in [-0.05, 0) is 35.9 Å². The van der Waals surface area contributed by atoms with E-state index < -0.39 is 0 Å². The minimum absolute atomic E-state index is 0.388. The monoisotopic (exact) mass is 370 g/mol. The molecule has 0 fully saturated rings. The van der Waals surface area contributed by atoms with Crippen LogP contribution in [-0.4, -0.2) is 14.2 Å². The third-order valence-corrected chi connectivity index (χ3v) is 3.81. The van der Waals surface area contributed by atoms with Crippen LogP contribution in [0.25, 0.3) is 0 Å². The predicted octanol–water partition coefficient (Wildman–Crippen LogP) is 4.78. The highest BCUT2D eigenvalue weighted by molar-refractivity contribution is 9.10. The third kappa shape index (κ3) is 4.05. The molecule has 0 saturated heterocycles. The van der Waals surface area contributed by atoms with Crippen LogP contribution in [0.15, 0.2) is 40.9 Å². The van der Waals surface area contributed by atoms with Crippen molar-refractivity contribution in [3.63, 3.8) is 0 Å². The number of hydrogen-bond acceptors (Lipinski definition) is 3. The molecule has 0 heterocycles. The van der Waals surface area contributed by atoms with Crippen LogP contribution in [0.5, 0.6) is 17.2 Å². The molecule has 0 amide bonds. The van der Waals surface area contributed by atoms with Crippen molar-refractivity contribution in [1.29, 1.82) is 0 Å². The number of benzene rings is 2. The van der Waals surface area contributed by atoms with Gasteiger partial charge in [0.05, 0.1) is 14.2 Å². The van der Waals surface area contributed by atoms with Gasteiger partial charge in [0.1, 0.15) is 12.4 Å². The van der Waals surface area contributed by atoms with Crippen LogP contribution < -0.4 is 14.2 Å². The van der Waals surface area contributed by atoms with Crippen molar-refractivity contribution in [2.45, 2.75) is 12.5 Å². The fourth-order valence-corrected chi connectivity index (χ4v) is 2.50. The average molecular weight is 372 g/mol. The van der Waals surface area contributed by atoms with Crippen LogP contribution >= 0.6 is 27.5 Å². The maximum absolute atomic E-state index is 5.84. The van der Waals surface area contributed by atoms with Gasteiger partial charge in [0.25, 0.3) is 0 Å². The fourth-order valence-electron chi connectivity index (χ4n) is 1.93. The summed E-state index contributed by atoms with van der Waals surface area (Å²) in [7, 11) is 3.25. The molecule has 0 aliphatic heterocycles. The van der Waals surface area contributed by atoms with E-state index in [1.54, 1.807) is 14.2 Å². The second-order valence-corrected chi connectivity index (χ2v) is 5.55. The van der Waals surface area contributed by atoms with Crippen molar-refractivity contribution in [1.82, 2.24) is 0 Å². The molecule has 3 nitrogen and oxygen atoms in total. The molecule has 0 atom stereocenters. The number of hydrogen-bond donors (Lipinski definition) is 0. The first-order valence-electron chi connectivity index (χ1n) is 6.36. The van der Waals surface area contributed by atoms with Crippen LogP contribution in [0.2, 0.25) is 0 Å². The molecule has 2 aromatic rings. The highest BCUT2D eigenvalue weighted by Gasteiger charge is 2.09. The molecule has 0 saturated carbocycles. The lowest BCUT2D eigenvalue weighted by molar-refractivity contribution is 0.278. The van der Waals surface area contributed by atoms with E-state index in [0.717, 1.165) is 21.3 Å². The van der Waals surface area contributed by atoms with Gasteiger partial charge < -0.3 is 14.2 Å². The van der Waals surface area contributed by atoms with Gasteiger partial charge >= 0.3 is 0 Å². The third-order valence-electron chi connectivity index (χ3n) is 3.01. The lowest BCUT2D eigenvalue weighted by Crippen LogP contribution is -2.00. The second-order valence-electron chi connectivity index (χ2n) is 4.36. The highest BCUT2D eigenvalue weighted by Crippen LogP contribution is 2.31. The summed E-state index contributed by atoms with van der Waals surface area (Å²) < 4.78 is 17.5. The summed E-state index contributed by atoms with van der Waals surface area (Å²) >= 11 is 9.27. The van der Waals surface area contributed by atoms with Crippen LogP contribution in [0.3, 0.4) is 0 Å². The predicted molar refractivity (Wildman–Crippen MR) is 87.6 cm³/mol. The summed E-state index contributed by atoms with van der Waals surface area (Å²) in [6.07, 6.45) is 0. The number of alkyl halides is 1. The summed E-state index contributed by atoms with van der Waals surface area (Å²) in [5.41, 5.74) is 1.94. The molecule has 0 N–H and O–H groups in total. The van der Waals surface area contributed by atoms with Crippen LogP contribution in [0.1, 0.15) is 11.1 Å². The van der Waals surface area contributed by atoms with Crippen LogP contribution in [-0.2, 0) is 12.5 Å². The maximum Gasteiger partial charge on any atom is 0.161 e. The minimum atomic E-state index is 0.388. The number of rotatable bonds is 6. The summed E-state index contributed by atoms with van der Waals surface area (Å²) in [6, 6.07) is 11.5. The van der Waals surface area contributed by atoms with Gasteiger partial charge in [-0.1, -0.05) is 22.0 Å². The van der Waals surface area contributed by atoms with Crippen LogP contribution in [0, 0.1) is 0 Å². The molecule has 0 spiro atoms. The number of methoxy groups -OCH3 is 2. The van der Waals surface area contributed by atoms with Crippen molar-refractivity contribution in [3.8, 4) is 17.2 Å². The Balaban J connectivity index is 2.18. The standard InChI is InChI=1S/C16H16BrClO3/c1-19-14-6-4-13(17)8-12(14)10-21-15-5-3-11(9-18)7-16(15)20-2/h3-8H,9-10H2,1-2H3. The summed E-state index contributed by atoms with van der Waals surface area (Å²) in [5.74, 6) is 2.57. The molecule has 0 radical (unpaired) electrons. The second kappa shape index (κ2) is 7.57. The molecule has 2 rings (SSSR count). The molecule has 5 heteroatoms. The highest BCUT2D eigenvalue weighted by atomic mass is 79.9. The van der Waals surface area contributed by atoms with Gasteiger partial charge in [0, 0.05) is 15.9 Å². The van der Waals surface area contributed by atoms with E-state index >= 15 is 0 Å².